The van der Waals surface area contributed by atoms with Crippen LogP contribution >= 0.6 is 24.8 Å². The van der Waals surface area contributed by atoms with E-state index in [2.05, 4.69) is 20.2 Å². The van der Waals surface area contributed by atoms with Gasteiger partial charge in [-0.05, 0) is 49.7 Å². The molecule has 0 aliphatic carbocycles. The number of nitrogens with zero attached hydrogens (tertiary/aromatic N) is 4. The van der Waals surface area contributed by atoms with E-state index in [-0.39, 0.29) is 42.1 Å². The molecule has 0 spiro atoms. The van der Waals surface area contributed by atoms with Gasteiger partial charge in [-0.1, -0.05) is 0 Å². The lowest BCUT2D eigenvalue weighted by atomic mass is 9.97. The van der Waals surface area contributed by atoms with Crippen molar-refractivity contribution < 1.29 is 13.9 Å². The molecule has 3 aliphatic rings. The van der Waals surface area contributed by atoms with E-state index < -0.39 is 0 Å². The second-order valence-corrected chi connectivity index (χ2v) is 9.03. The Bertz CT molecular complexity index is 1270. The van der Waals surface area contributed by atoms with Gasteiger partial charge < -0.3 is 24.3 Å². The number of halogens is 3. The lowest BCUT2D eigenvalue weighted by Gasteiger charge is -2.34. The Balaban J connectivity index is 0.00000144. The van der Waals surface area contributed by atoms with Crippen molar-refractivity contribution in [2.75, 3.05) is 32.8 Å². The molecule has 11 heteroatoms. The fourth-order valence-electron chi connectivity index (χ4n) is 5.26. The molecule has 1 aromatic carbocycles. The molecule has 1 atom stereocenters. The number of hydrogen-bond donors (Lipinski definition) is 1. The van der Waals surface area contributed by atoms with Crippen LogP contribution < -0.4 is 20.3 Å². The molecule has 0 radical (unpaired) electrons. The Morgan fingerprint density at radius 2 is 1.89 bits per heavy atom. The highest BCUT2D eigenvalue weighted by molar-refractivity contribution is 5.85. The van der Waals surface area contributed by atoms with Crippen LogP contribution in [0.5, 0.6) is 11.6 Å². The van der Waals surface area contributed by atoms with E-state index in [9.17, 15) is 9.18 Å². The Morgan fingerprint density at radius 1 is 1.09 bits per heavy atom. The highest BCUT2D eigenvalue weighted by Crippen LogP contribution is 2.35. The number of piperidine rings is 1. The summed E-state index contributed by atoms with van der Waals surface area (Å²) in [7, 11) is 0. The van der Waals surface area contributed by atoms with Gasteiger partial charge in [0.2, 0.25) is 0 Å². The predicted octanol–water partition coefficient (Wildman–Crippen LogP) is 2.90. The number of rotatable bonds is 5. The van der Waals surface area contributed by atoms with Crippen molar-refractivity contribution in [3.05, 3.63) is 57.9 Å². The molecule has 6 rings (SSSR count). The number of ether oxygens (including phenoxy) is 2. The number of fused-ring (bicyclic) bond motifs is 1. The van der Waals surface area contributed by atoms with E-state index >= 15 is 0 Å². The van der Waals surface area contributed by atoms with Gasteiger partial charge in [-0.2, -0.15) is 0 Å². The number of hydrogen-bond acceptors (Lipinski definition) is 7. The van der Waals surface area contributed by atoms with E-state index in [1.54, 1.807) is 10.6 Å². The largest absolute Gasteiger partial charge is 0.484 e. The van der Waals surface area contributed by atoms with Crippen molar-refractivity contribution in [1.82, 2.24) is 24.8 Å². The third-order valence-corrected chi connectivity index (χ3v) is 6.92. The minimum atomic E-state index is -0.240. The third-order valence-electron chi connectivity index (χ3n) is 6.92. The van der Waals surface area contributed by atoms with Crippen LogP contribution in [0.4, 0.5) is 4.39 Å². The molecule has 35 heavy (non-hydrogen) atoms. The maximum absolute atomic E-state index is 14.7. The lowest BCUT2D eigenvalue weighted by molar-refractivity contribution is 0.164. The average Bonchev–Trinajstić information content (AvgIpc) is 3.23. The Morgan fingerprint density at radius 3 is 2.71 bits per heavy atom. The van der Waals surface area contributed by atoms with Gasteiger partial charge >= 0.3 is 0 Å². The third kappa shape index (κ3) is 4.95. The van der Waals surface area contributed by atoms with Gasteiger partial charge in [-0.3, -0.25) is 4.79 Å². The minimum absolute atomic E-state index is 0. The topological polar surface area (TPSA) is 81.5 Å². The molecule has 2 aromatic heterocycles. The molecule has 0 saturated carbocycles. The molecule has 8 nitrogen and oxygen atoms in total. The maximum Gasteiger partial charge on any atom is 0.269 e. The number of likely N-dealkylation sites (tertiary alicyclic amines) is 1. The first-order valence-electron chi connectivity index (χ1n) is 11.5. The zero-order valence-electron chi connectivity index (χ0n) is 19.1. The molecule has 3 aromatic rings. The quantitative estimate of drug-likeness (QED) is 0.550. The Hall–Kier alpha value is -2.46. The van der Waals surface area contributed by atoms with Crippen LogP contribution in [-0.2, 0) is 13.1 Å². The predicted molar refractivity (Wildman–Crippen MR) is 135 cm³/mol. The highest BCUT2D eigenvalue weighted by atomic mass is 35.5. The second-order valence-electron chi connectivity index (χ2n) is 9.03. The number of benzene rings is 1. The van der Waals surface area contributed by atoms with Crippen LogP contribution in [0.3, 0.4) is 0 Å². The molecule has 3 aliphatic heterocycles. The van der Waals surface area contributed by atoms with Gasteiger partial charge in [0.15, 0.2) is 5.75 Å². The van der Waals surface area contributed by atoms with Crippen LogP contribution in [-0.4, -0.2) is 58.3 Å². The molecule has 1 unspecified atom stereocenters. The summed E-state index contributed by atoms with van der Waals surface area (Å²) in [5.74, 6) is 1.01. The average molecular weight is 524 g/mol. The summed E-state index contributed by atoms with van der Waals surface area (Å²) in [5.41, 5.74) is 2.91. The van der Waals surface area contributed by atoms with Gasteiger partial charge in [0.25, 0.3) is 11.4 Å². The van der Waals surface area contributed by atoms with E-state index in [0.717, 1.165) is 44.6 Å². The summed E-state index contributed by atoms with van der Waals surface area (Å²) in [6.07, 6.45) is 5.21. The molecular weight excluding hydrogens is 496 g/mol. The monoisotopic (exact) mass is 523 g/mol. The van der Waals surface area contributed by atoms with Crippen LogP contribution in [0.2, 0.25) is 0 Å². The summed E-state index contributed by atoms with van der Waals surface area (Å²) in [4.78, 5) is 23.2. The van der Waals surface area contributed by atoms with Crippen molar-refractivity contribution >= 4 is 35.8 Å². The smallest absolute Gasteiger partial charge is 0.269 e. The summed E-state index contributed by atoms with van der Waals surface area (Å²) in [5, 5.41) is 3.63. The Kier molecular flexibility index (Phi) is 7.80. The van der Waals surface area contributed by atoms with Crippen molar-refractivity contribution in [2.24, 2.45) is 0 Å². The van der Waals surface area contributed by atoms with Gasteiger partial charge in [0.05, 0.1) is 17.2 Å². The number of aromatic nitrogens is 3. The summed E-state index contributed by atoms with van der Waals surface area (Å²) in [6, 6.07) is 5.54. The van der Waals surface area contributed by atoms with Crippen molar-refractivity contribution in [1.29, 1.82) is 0 Å². The lowest BCUT2D eigenvalue weighted by Crippen LogP contribution is -2.43. The van der Waals surface area contributed by atoms with Crippen LogP contribution in [0.1, 0.15) is 29.9 Å². The summed E-state index contributed by atoms with van der Waals surface area (Å²) >= 11 is 0. The van der Waals surface area contributed by atoms with E-state index in [4.69, 9.17) is 9.47 Å². The SMILES string of the molecule is Cl.Cl.O=c1cnc2ccc(F)c3c2n1CC3CN1CCC(NCc2cnc3c(c2)OCCO3)CC1. The first-order chi connectivity index (χ1) is 16.2. The molecule has 0 bridgehead atoms. The second kappa shape index (κ2) is 10.7. The van der Waals surface area contributed by atoms with Crippen LogP contribution in [0, 0.1) is 5.82 Å². The number of nitrogens with one attached hydrogen (secondary N) is 1. The van der Waals surface area contributed by atoms with Crippen LogP contribution in [0.25, 0.3) is 11.0 Å². The molecule has 5 heterocycles. The minimum Gasteiger partial charge on any atom is -0.484 e. The van der Waals surface area contributed by atoms with E-state index in [1.165, 1.54) is 12.3 Å². The fourth-order valence-corrected chi connectivity index (χ4v) is 5.26. The Labute approximate surface area is 214 Å². The summed E-state index contributed by atoms with van der Waals surface area (Å²) < 4.78 is 27.5. The molecular formula is C24H28Cl2FN5O3. The summed E-state index contributed by atoms with van der Waals surface area (Å²) in [6.45, 7) is 4.97. The zero-order chi connectivity index (χ0) is 22.4. The van der Waals surface area contributed by atoms with Crippen LogP contribution in [0.15, 0.2) is 35.4 Å². The first-order valence-corrected chi connectivity index (χ1v) is 11.5. The standard InChI is InChI=1S/C24H26FN5O3.2ClH/c25-18-1-2-19-23-22(18)16(14-30(23)21(31)12-27-19)13-29-5-3-17(4-6-29)26-10-15-9-20-24(28-11-15)33-8-7-32-20;;/h1-2,9,11-12,16-17,26H,3-8,10,13-14H2;2*1H. The first kappa shape index (κ1) is 25.6. The molecule has 1 saturated heterocycles. The van der Waals surface area contributed by atoms with E-state index in [1.807, 2.05) is 12.3 Å². The molecule has 188 valence electrons. The van der Waals surface area contributed by atoms with Crippen molar-refractivity contribution in [3.8, 4) is 11.6 Å². The zero-order valence-corrected chi connectivity index (χ0v) is 20.7. The van der Waals surface area contributed by atoms with Gasteiger partial charge in [0.1, 0.15) is 19.0 Å². The highest BCUT2D eigenvalue weighted by Gasteiger charge is 2.31. The number of pyridine rings is 1. The van der Waals surface area contributed by atoms with Gasteiger partial charge in [0, 0.05) is 43.4 Å². The van der Waals surface area contributed by atoms with Gasteiger partial charge in [-0.25, -0.2) is 14.4 Å². The molecule has 1 fully saturated rings. The van der Waals surface area contributed by atoms with Crippen molar-refractivity contribution in [2.45, 2.75) is 37.9 Å². The maximum atomic E-state index is 14.7. The normalized spacial score (nSPS) is 19.3. The molecule has 0 amide bonds. The fraction of sp³-hybridized carbons (Fsp3) is 0.458. The van der Waals surface area contributed by atoms with Crippen molar-refractivity contribution in [3.63, 3.8) is 0 Å². The molecule has 1 N–H and O–H groups in total. The van der Waals surface area contributed by atoms with E-state index in [0.29, 0.717) is 54.0 Å². The van der Waals surface area contributed by atoms with Gasteiger partial charge in [-0.15, -0.1) is 24.8 Å².